The SMILES string of the molecule is CC(C(=O)O)c1cc(Br)cc(S(C)(=O)=O)c1. The van der Waals surface area contributed by atoms with Gasteiger partial charge >= 0.3 is 5.97 Å². The summed E-state index contributed by atoms with van der Waals surface area (Å²) in [5.41, 5.74) is 0.460. The molecule has 0 aliphatic carbocycles. The van der Waals surface area contributed by atoms with Crippen molar-refractivity contribution < 1.29 is 18.3 Å². The van der Waals surface area contributed by atoms with Crippen LogP contribution in [0.2, 0.25) is 0 Å². The predicted octanol–water partition coefficient (Wildman–Crippen LogP) is 2.04. The molecule has 1 aromatic rings. The predicted molar refractivity (Wildman–Crippen MR) is 63.3 cm³/mol. The molecular weight excluding hydrogens is 296 g/mol. The molecule has 0 aliphatic heterocycles. The highest BCUT2D eigenvalue weighted by atomic mass is 79.9. The number of benzene rings is 1. The Bertz CT molecular complexity index is 522. The Hall–Kier alpha value is -0.880. The Morgan fingerprint density at radius 2 is 1.94 bits per heavy atom. The Morgan fingerprint density at radius 1 is 1.38 bits per heavy atom. The number of carbonyl (C=O) groups is 1. The average Bonchev–Trinajstić information content (AvgIpc) is 2.14. The maximum absolute atomic E-state index is 11.4. The second-order valence-electron chi connectivity index (χ2n) is 3.55. The highest BCUT2D eigenvalue weighted by Gasteiger charge is 2.17. The first kappa shape index (κ1) is 13.2. The monoisotopic (exact) mass is 306 g/mol. The largest absolute Gasteiger partial charge is 0.481 e. The molecule has 1 atom stereocenters. The van der Waals surface area contributed by atoms with E-state index < -0.39 is 21.7 Å². The molecule has 1 aromatic carbocycles. The molecule has 0 heterocycles. The molecule has 0 spiro atoms. The third-order valence-electron chi connectivity index (χ3n) is 2.19. The van der Waals surface area contributed by atoms with Gasteiger partial charge in [-0.1, -0.05) is 15.9 Å². The van der Waals surface area contributed by atoms with Gasteiger partial charge in [-0.2, -0.15) is 0 Å². The standard InChI is InChI=1S/C10H11BrO4S/c1-6(10(12)13)7-3-8(11)5-9(4-7)16(2,14)15/h3-6H,1-2H3,(H,12,13). The molecule has 0 amide bonds. The molecule has 4 nitrogen and oxygen atoms in total. The minimum absolute atomic E-state index is 0.116. The molecule has 1 N–H and O–H groups in total. The molecule has 0 fully saturated rings. The lowest BCUT2D eigenvalue weighted by Gasteiger charge is -2.09. The molecule has 0 aromatic heterocycles. The van der Waals surface area contributed by atoms with E-state index in [0.717, 1.165) is 6.26 Å². The molecule has 0 saturated carbocycles. The maximum atomic E-state index is 11.4. The zero-order chi connectivity index (χ0) is 12.5. The van der Waals surface area contributed by atoms with Crippen LogP contribution in [0, 0.1) is 0 Å². The lowest BCUT2D eigenvalue weighted by atomic mass is 10.0. The fraction of sp³-hybridized carbons (Fsp3) is 0.300. The van der Waals surface area contributed by atoms with Crippen LogP contribution in [0.25, 0.3) is 0 Å². The topological polar surface area (TPSA) is 71.4 Å². The van der Waals surface area contributed by atoms with E-state index in [4.69, 9.17) is 5.11 Å². The summed E-state index contributed by atoms with van der Waals surface area (Å²) in [5, 5.41) is 8.86. The van der Waals surface area contributed by atoms with Crippen molar-refractivity contribution in [1.29, 1.82) is 0 Å². The van der Waals surface area contributed by atoms with Crippen molar-refractivity contribution in [2.75, 3.05) is 6.26 Å². The van der Waals surface area contributed by atoms with Crippen molar-refractivity contribution in [2.45, 2.75) is 17.7 Å². The van der Waals surface area contributed by atoms with Gasteiger partial charge in [0.05, 0.1) is 10.8 Å². The van der Waals surface area contributed by atoms with E-state index in [-0.39, 0.29) is 4.90 Å². The van der Waals surface area contributed by atoms with Gasteiger partial charge in [-0.3, -0.25) is 4.79 Å². The number of hydrogen-bond acceptors (Lipinski definition) is 3. The lowest BCUT2D eigenvalue weighted by molar-refractivity contribution is -0.138. The van der Waals surface area contributed by atoms with Crippen molar-refractivity contribution in [3.63, 3.8) is 0 Å². The van der Waals surface area contributed by atoms with E-state index >= 15 is 0 Å². The van der Waals surface area contributed by atoms with Crippen molar-refractivity contribution in [1.82, 2.24) is 0 Å². The minimum atomic E-state index is -3.33. The summed E-state index contributed by atoms with van der Waals surface area (Å²) in [6, 6.07) is 4.44. The number of hydrogen-bond donors (Lipinski definition) is 1. The van der Waals surface area contributed by atoms with E-state index in [0.29, 0.717) is 10.0 Å². The van der Waals surface area contributed by atoms with Gasteiger partial charge in [0.15, 0.2) is 9.84 Å². The summed E-state index contributed by atoms with van der Waals surface area (Å²) in [5.74, 6) is -1.73. The normalized spacial score (nSPS) is 13.4. The molecule has 0 saturated heterocycles. The summed E-state index contributed by atoms with van der Waals surface area (Å²) in [6.07, 6.45) is 1.09. The molecule has 6 heteroatoms. The van der Waals surface area contributed by atoms with E-state index in [1.807, 2.05) is 0 Å². The Balaban J connectivity index is 3.34. The van der Waals surface area contributed by atoms with Gasteiger partial charge in [0.1, 0.15) is 0 Å². The summed E-state index contributed by atoms with van der Waals surface area (Å²) >= 11 is 3.17. The molecule has 1 rings (SSSR count). The Kier molecular flexibility index (Phi) is 3.75. The first-order valence-corrected chi connectivity index (χ1v) is 7.13. The van der Waals surface area contributed by atoms with Gasteiger partial charge in [-0.05, 0) is 30.7 Å². The van der Waals surface area contributed by atoms with Crippen LogP contribution < -0.4 is 0 Å². The lowest BCUT2D eigenvalue weighted by Crippen LogP contribution is -2.08. The van der Waals surface area contributed by atoms with Crippen LogP contribution in [0.15, 0.2) is 27.6 Å². The highest BCUT2D eigenvalue weighted by Crippen LogP contribution is 2.24. The first-order chi connectivity index (χ1) is 7.21. The quantitative estimate of drug-likeness (QED) is 0.927. The number of sulfone groups is 1. The smallest absolute Gasteiger partial charge is 0.310 e. The van der Waals surface area contributed by atoms with Gasteiger partial charge in [0, 0.05) is 10.7 Å². The van der Waals surface area contributed by atoms with Gasteiger partial charge in [0.2, 0.25) is 0 Å². The molecule has 88 valence electrons. The molecular formula is C10H11BrO4S. The van der Waals surface area contributed by atoms with Crippen LogP contribution in [0.1, 0.15) is 18.4 Å². The number of aliphatic carboxylic acids is 1. The van der Waals surface area contributed by atoms with Crippen LogP contribution in [0.3, 0.4) is 0 Å². The van der Waals surface area contributed by atoms with Crippen LogP contribution in [0.4, 0.5) is 0 Å². The van der Waals surface area contributed by atoms with Crippen LogP contribution in [-0.4, -0.2) is 25.7 Å². The minimum Gasteiger partial charge on any atom is -0.481 e. The van der Waals surface area contributed by atoms with Gasteiger partial charge in [-0.25, -0.2) is 8.42 Å². The molecule has 0 aliphatic rings. The van der Waals surface area contributed by atoms with Crippen molar-refractivity contribution >= 4 is 31.7 Å². The van der Waals surface area contributed by atoms with Crippen molar-refractivity contribution in [2.24, 2.45) is 0 Å². The number of halogens is 1. The van der Waals surface area contributed by atoms with E-state index in [9.17, 15) is 13.2 Å². The van der Waals surface area contributed by atoms with Crippen molar-refractivity contribution in [3.05, 3.63) is 28.2 Å². The highest BCUT2D eigenvalue weighted by molar-refractivity contribution is 9.10. The second-order valence-corrected chi connectivity index (χ2v) is 6.48. The zero-order valence-electron chi connectivity index (χ0n) is 8.77. The maximum Gasteiger partial charge on any atom is 0.310 e. The Labute approximate surface area is 102 Å². The fourth-order valence-electron chi connectivity index (χ4n) is 1.19. The summed E-state index contributed by atoms with van der Waals surface area (Å²) < 4.78 is 23.3. The van der Waals surface area contributed by atoms with Gasteiger partial charge < -0.3 is 5.11 Å². The van der Waals surface area contributed by atoms with Crippen LogP contribution in [0.5, 0.6) is 0 Å². The van der Waals surface area contributed by atoms with Crippen molar-refractivity contribution in [3.8, 4) is 0 Å². The van der Waals surface area contributed by atoms with Crippen LogP contribution in [-0.2, 0) is 14.6 Å². The Morgan fingerprint density at radius 3 is 2.38 bits per heavy atom. The summed E-state index contributed by atoms with van der Waals surface area (Å²) in [4.78, 5) is 10.9. The zero-order valence-corrected chi connectivity index (χ0v) is 11.2. The summed E-state index contributed by atoms with van der Waals surface area (Å²) in [7, 11) is -3.33. The first-order valence-electron chi connectivity index (χ1n) is 4.45. The number of carboxylic acids is 1. The number of rotatable bonds is 3. The molecule has 16 heavy (non-hydrogen) atoms. The average molecular weight is 307 g/mol. The second kappa shape index (κ2) is 4.55. The molecule has 0 bridgehead atoms. The van der Waals surface area contributed by atoms with Gasteiger partial charge in [0.25, 0.3) is 0 Å². The third kappa shape index (κ3) is 3.05. The van der Waals surface area contributed by atoms with E-state index in [1.54, 1.807) is 6.07 Å². The van der Waals surface area contributed by atoms with Crippen LogP contribution >= 0.6 is 15.9 Å². The fourth-order valence-corrected chi connectivity index (χ4v) is 2.54. The third-order valence-corrected chi connectivity index (χ3v) is 3.74. The molecule has 0 radical (unpaired) electrons. The van der Waals surface area contributed by atoms with E-state index in [2.05, 4.69) is 15.9 Å². The van der Waals surface area contributed by atoms with Gasteiger partial charge in [-0.15, -0.1) is 0 Å². The number of carboxylic acid groups (broad SMARTS) is 1. The molecule has 1 unspecified atom stereocenters. The summed E-state index contributed by atoms with van der Waals surface area (Å²) in [6.45, 7) is 1.51. The van der Waals surface area contributed by atoms with E-state index in [1.165, 1.54) is 19.1 Å².